The molecule has 0 amide bonds. The number of likely N-dealkylation sites (tertiary alicyclic amines) is 1. The van der Waals surface area contributed by atoms with E-state index in [1.54, 1.807) is 11.3 Å². The number of para-hydroxylation sites is 2. The third-order valence-corrected chi connectivity index (χ3v) is 6.87. The predicted octanol–water partition coefficient (Wildman–Crippen LogP) is 4.07. The summed E-state index contributed by atoms with van der Waals surface area (Å²) in [7, 11) is 0. The molecule has 0 N–H and O–H groups in total. The minimum atomic E-state index is 0.365. The van der Waals surface area contributed by atoms with Crippen LogP contribution in [-0.4, -0.2) is 50.5 Å². The third-order valence-electron chi connectivity index (χ3n) is 5.81. The lowest BCUT2D eigenvalue weighted by molar-refractivity contribution is 0.253. The third kappa shape index (κ3) is 2.95. The molecule has 0 aliphatic carbocycles. The van der Waals surface area contributed by atoms with E-state index in [1.165, 1.54) is 4.70 Å². The molecule has 8 heteroatoms. The highest BCUT2D eigenvalue weighted by molar-refractivity contribution is 7.22. The molecule has 0 spiro atoms. The Morgan fingerprint density at radius 3 is 2.60 bits per heavy atom. The lowest BCUT2D eigenvalue weighted by Crippen LogP contribution is -2.49. The van der Waals surface area contributed by atoms with E-state index in [9.17, 15) is 0 Å². The summed E-state index contributed by atoms with van der Waals surface area (Å²) in [5.41, 5.74) is 3.12. The monoisotopic (exact) mass is 415 g/mol. The molecule has 1 saturated heterocycles. The van der Waals surface area contributed by atoms with E-state index in [0.29, 0.717) is 6.04 Å². The zero-order valence-corrected chi connectivity index (χ0v) is 17.2. The van der Waals surface area contributed by atoms with Crippen molar-refractivity contribution in [1.82, 2.24) is 24.9 Å². The van der Waals surface area contributed by atoms with Crippen molar-refractivity contribution in [2.75, 3.05) is 24.5 Å². The van der Waals surface area contributed by atoms with Gasteiger partial charge in [-0.1, -0.05) is 40.8 Å². The summed E-state index contributed by atoms with van der Waals surface area (Å²) in [4.78, 5) is 14.2. The van der Waals surface area contributed by atoms with Gasteiger partial charge in [-0.15, -0.1) is 5.10 Å². The normalized spacial score (nSPS) is 17.8. The lowest BCUT2D eigenvalue weighted by atomic mass is 10.1. The number of aromatic nitrogens is 4. The molecule has 6 rings (SSSR count). The van der Waals surface area contributed by atoms with Crippen LogP contribution in [0.2, 0.25) is 0 Å². The highest BCUT2D eigenvalue weighted by Crippen LogP contribution is 2.31. The number of hydrogen-bond donors (Lipinski definition) is 0. The van der Waals surface area contributed by atoms with Gasteiger partial charge in [0, 0.05) is 25.8 Å². The molecule has 150 valence electrons. The van der Waals surface area contributed by atoms with Crippen LogP contribution in [0, 0.1) is 0 Å². The molecule has 1 fully saturated rings. The molecule has 30 heavy (non-hydrogen) atoms. The largest absolute Gasteiger partial charge is 0.342 e. The van der Waals surface area contributed by atoms with Gasteiger partial charge in [0.1, 0.15) is 5.52 Å². The van der Waals surface area contributed by atoms with Gasteiger partial charge in [0.25, 0.3) is 0 Å². The number of fused-ring (bicyclic) bond motifs is 2. The van der Waals surface area contributed by atoms with Crippen molar-refractivity contribution in [2.24, 2.45) is 4.99 Å². The van der Waals surface area contributed by atoms with Crippen LogP contribution in [-0.2, 0) is 0 Å². The molecule has 0 radical (unpaired) electrons. The van der Waals surface area contributed by atoms with Crippen LogP contribution < -0.4 is 4.90 Å². The topological polar surface area (TPSA) is 62.4 Å². The first-order valence-corrected chi connectivity index (χ1v) is 11.1. The number of thiazole rings is 1. The van der Waals surface area contributed by atoms with Crippen molar-refractivity contribution in [3.05, 3.63) is 60.8 Å². The Kier molecular flexibility index (Phi) is 4.23. The zero-order valence-electron chi connectivity index (χ0n) is 16.4. The molecule has 4 aromatic rings. The molecule has 0 atom stereocenters. The van der Waals surface area contributed by atoms with Crippen LogP contribution >= 0.6 is 11.3 Å². The first kappa shape index (κ1) is 17.6. The summed E-state index contributed by atoms with van der Waals surface area (Å²) >= 11 is 1.72. The number of guanidine groups is 1. The van der Waals surface area contributed by atoms with E-state index in [-0.39, 0.29) is 0 Å². The van der Waals surface area contributed by atoms with Crippen LogP contribution in [0.4, 0.5) is 5.13 Å². The first-order chi connectivity index (χ1) is 14.9. The highest BCUT2D eigenvalue weighted by Gasteiger charge is 2.29. The quantitative estimate of drug-likeness (QED) is 0.494. The highest BCUT2D eigenvalue weighted by atomic mass is 32.1. The van der Waals surface area contributed by atoms with E-state index >= 15 is 0 Å². The van der Waals surface area contributed by atoms with Gasteiger partial charge in [-0.2, -0.15) is 0 Å². The van der Waals surface area contributed by atoms with Crippen LogP contribution in [0.1, 0.15) is 18.9 Å². The Morgan fingerprint density at radius 2 is 1.73 bits per heavy atom. The van der Waals surface area contributed by atoms with Gasteiger partial charge < -0.3 is 4.90 Å². The summed E-state index contributed by atoms with van der Waals surface area (Å²) in [6.07, 6.45) is 6.04. The second-order valence-electron chi connectivity index (χ2n) is 7.63. The van der Waals surface area contributed by atoms with Crippen molar-refractivity contribution in [3.8, 4) is 0 Å². The van der Waals surface area contributed by atoms with Crippen molar-refractivity contribution in [1.29, 1.82) is 0 Å². The Morgan fingerprint density at radius 1 is 0.933 bits per heavy atom. The molecule has 0 bridgehead atoms. The summed E-state index contributed by atoms with van der Waals surface area (Å²) in [6, 6.07) is 16.8. The summed E-state index contributed by atoms with van der Waals surface area (Å²) in [5, 5.41) is 9.76. The van der Waals surface area contributed by atoms with E-state index < -0.39 is 0 Å². The Hall–Kier alpha value is -3.26. The van der Waals surface area contributed by atoms with Crippen LogP contribution in [0.25, 0.3) is 21.3 Å². The van der Waals surface area contributed by atoms with Crippen molar-refractivity contribution in [3.63, 3.8) is 0 Å². The van der Waals surface area contributed by atoms with Gasteiger partial charge in [0.2, 0.25) is 5.96 Å². The number of hydrogen-bond acceptors (Lipinski definition) is 7. The predicted molar refractivity (Wildman–Crippen MR) is 121 cm³/mol. The Balaban J connectivity index is 1.23. The van der Waals surface area contributed by atoms with Crippen LogP contribution in [0.5, 0.6) is 0 Å². The van der Waals surface area contributed by atoms with Gasteiger partial charge in [0.05, 0.1) is 21.8 Å². The SMILES string of the molecule is C1=CN=C(N2CCC(n3nnc4ccccc43)CC2)N(c2nc3ccccc3s2)C1. The molecule has 2 aromatic carbocycles. The molecular formula is C22H21N7S. The number of benzene rings is 2. The molecule has 0 unspecified atom stereocenters. The van der Waals surface area contributed by atoms with Gasteiger partial charge in [-0.25, -0.2) is 14.7 Å². The number of piperidine rings is 1. The Labute approximate surface area is 178 Å². The molecule has 7 nitrogen and oxygen atoms in total. The maximum absolute atomic E-state index is 4.85. The molecule has 2 aliphatic rings. The summed E-state index contributed by atoms with van der Waals surface area (Å²) in [5.74, 6) is 0.999. The zero-order chi connectivity index (χ0) is 19.9. The second-order valence-corrected chi connectivity index (χ2v) is 8.64. The molecular weight excluding hydrogens is 394 g/mol. The number of rotatable bonds is 2. The molecule has 2 aliphatic heterocycles. The molecule has 0 saturated carbocycles. The van der Waals surface area contributed by atoms with Gasteiger partial charge in [-0.3, -0.25) is 4.90 Å². The van der Waals surface area contributed by atoms with Gasteiger partial charge in [0.15, 0.2) is 5.13 Å². The summed E-state index contributed by atoms with van der Waals surface area (Å²) in [6.45, 7) is 2.67. The van der Waals surface area contributed by atoms with Crippen molar-refractivity contribution in [2.45, 2.75) is 18.9 Å². The van der Waals surface area contributed by atoms with Gasteiger partial charge >= 0.3 is 0 Å². The van der Waals surface area contributed by atoms with E-state index in [1.807, 2.05) is 24.4 Å². The second kappa shape index (κ2) is 7.21. The standard InChI is InChI=1S/C22H21N7S/c1-3-8-19-17(6-1)25-26-29(19)16-10-14-27(15-11-16)21-23-12-5-13-28(21)22-24-18-7-2-4-9-20(18)30-22/h1-9,12,16H,10-11,13-15H2. The fraction of sp³-hybridized carbons (Fsp3) is 0.273. The fourth-order valence-electron chi connectivity index (χ4n) is 4.28. The van der Waals surface area contributed by atoms with Crippen LogP contribution in [0.3, 0.4) is 0 Å². The average Bonchev–Trinajstić information content (AvgIpc) is 3.44. The number of anilines is 1. The number of aliphatic imine (C=N–C) groups is 1. The molecule has 4 heterocycles. The van der Waals surface area contributed by atoms with E-state index in [2.05, 4.69) is 61.2 Å². The van der Waals surface area contributed by atoms with E-state index in [4.69, 9.17) is 9.98 Å². The van der Waals surface area contributed by atoms with E-state index in [0.717, 1.165) is 60.1 Å². The first-order valence-electron chi connectivity index (χ1n) is 10.3. The Bertz CT molecular complexity index is 1230. The maximum atomic E-state index is 4.85. The molecule has 2 aromatic heterocycles. The minimum absolute atomic E-state index is 0.365. The van der Waals surface area contributed by atoms with Crippen LogP contribution in [0.15, 0.2) is 65.8 Å². The lowest BCUT2D eigenvalue weighted by Gasteiger charge is -2.38. The van der Waals surface area contributed by atoms with Crippen molar-refractivity contribution >= 4 is 43.7 Å². The van der Waals surface area contributed by atoms with Gasteiger partial charge in [-0.05, 0) is 43.2 Å². The maximum Gasteiger partial charge on any atom is 0.207 e. The number of nitrogens with zero attached hydrogens (tertiary/aromatic N) is 7. The smallest absolute Gasteiger partial charge is 0.207 e. The van der Waals surface area contributed by atoms with Crippen molar-refractivity contribution < 1.29 is 0 Å². The fourth-order valence-corrected chi connectivity index (χ4v) is 5.25. The summed E-state index contributed by atoms with van der Waals surface area (Å²) < 4.78 is 3.30. The average molecular weight is 416 g/mol. The minimum Gasteiger partial charge on any atom is -0.342 e.